The lowest BCUT2D eigenvalue weighted by molar-refractivity contribution is -0.118. The first-order chi connectivity index (χ1) is 13.2. The molecule has 1 aromatic heterocycles. The maximum absolute atomic E-state index is 10.9. The van der Waals surface area contributed by atoms with Crippen LogP contribution in [0.1, 0.15) is 36.5 Å². The Morgan fingerprint density at radius 1 is 0.889 bits per heavy atom. The number of nitrogens with two attached hydrogens (primary N) is 1. The first-order valence-corrected chi connectivity index (χ1v) is 9.06. The van der Waals surface area contributed by atoms with Gasteiger partial charge in [-0.2, -0.15) is 0 Å². The molecule has 0 spiro atoms. The first kappa shape index (κ1) is 18.7. The van der Waals surface area contributed by atoms with Crippen molar-refractivity contribution in [2.45, 2.75) is 25.4 Å². The molecule has 0 aliphatic heterocycles. The average Bonchev–Trinajstić information content (AvgIpc) is 2.72. The van der Waals surface area contributed by atoms with Crippen molar-refractivity contribution < 1.29 is 9.53 Å². The molecule has 0 saturated carbocycles. The number of rotatable bonds is 9. The highest BCUT2D eigenvalue weighted by molar-refractivity contribution is 5.73. The van der Waals surface area contributed by atoms with E-state index in [1.54, 1.807) is 18.5 Å². The monoisotopic (exact) mass is 361 g/mol. The zero-order valence-electron chi connectivity index (χ0n) is 15.1. The molecule has 1 atom stereocenters. The predicted molar refractivity (Wildman–Crippen MR) is 105 cm³/mol. The number of primary amides is 1. The van der Waals surface area contributed by atoms with Crippen molar-refractivity contribution in [1.29, 1.82) is 0 Å². The standard InChI is InChI=1S/C22H23N3O2/c23-20(26)9-4-5-16-27-21(17-7-2-1-3-8-17)18-10-12-19(13-11-18)22-24-14-6-15-25-22/h1-3,6-8,10-15,21H,4-5,9,16H2,(H2,23,26). The number of carbonyl (C=O) groups excluding carboxylic acids is 1. The van der Waals surface area contributed by atoms with E-state index < -0.39 is 0 Å². The smallest absolute Gasteiger partial charge is 0.217 e. The molecule has 1 amide bonds. The van der Waals surface area contributed by atoms with Gasteiger partial charge in [-0.3, -0.25) is 4.79 Å². The highest BCUT2D eigenvalue weighted by Gasteiger charge is 2.15. The van der Waals surface area contributed by atoms with Gasteiger partial charge in [0.2, 0.25) is 5.91 Å². The molecule has 0 radical (unpaired) electrons. The van der Waals surface area contributed by atoms with Crippen molar-refractivity contribution >= 4 is 5.91 Å². The quantitative estimate of drug-likeness (QED) is 0.586. The van der Waals surface area contributed by atoms with E-state index >= 15 is 0 Å². The number of aromatic nitrogens is 2. The maximum Gasteiger partial charge on any atom is 0.217 e. The summed E-state index contributed by atoms with van der Waals surface area (Å²) in [5.41, 5.74) is 8.31. The Hall–Kier alpha value is -3.05. The summed E-state index contributed by atoms with van der Waals surface area (Å²) in [5, 5.41) is 0. The van der Waals surface area contributed by atoms with Crippen molar-refractivity contribution in [2.24, 2.45) is 5.73 Å². The number of benzene rings is 2. The molecular weight excluding hydrogens is 338 g/mol. The van der Waals surface area contributed by atoms with Crippen LogP contribution in [0.4, 0.5) is 0 Å². The molecule has 0 aliphatic rings. The van der Waals surface area contributed by atoms with Crippen molar-refractivity contribution in [3.05, 3.63) is 84.2 Å². The van der Waals surface area contributed by atoms with Crippen LogP contribution < -0.4 is 5.73 Å². The molecule has 138 valence electrons. The summed E-state index contributed by atoms with van der Waals surface area (Å²) in [6, 6.07) is 20.0. The molecule has 0 saturated heterocycles. The lowest BCUT2D eigenvalue weighted by Gasteiger charge is -2.19. The van der Waals surface area contributed by atoms with E-state index in [0.717, 1.165) is 29.5 Å². The number of nitrogens with zero attached hydrogens (tertiary/aromatic N) is 2. The van der Waals surface area contributed by atoms with Gasteiger partial charge in [-0.25, -0.2) is 9.97 Å². The van der Waals surface area contributed by atoms with E-state index in [9.17, 15) is 4.79 Å². The summed E-state index contributed by atoms with van der Waals surface area (Å²) in [6.07, 6.45) is 5.23. The van der Waals surface area contributed by atoms with E-state index in [-0.39, 0.29) is 12.0 Å². The molecule has 0 bridgehead atoms. The molecular formula is C22H23N3O2. The summed E-state index contributed by atoms with van der Waals surface area (Å²) in [7, 11) is 0. The zero-order valence-corrected chi connectivity index (χ0v) is 15.1. The highest BCUT2D eigenvalue weighted by atomic mass is 16.5. The van der Waals surface area contributed by atoms with Crippen LogP contribution in [0.2, 0.25) is 0 Å². The lowest BCUT2D eigenvalue weighted by atomic mass is 10.00. The van der Waals surface area contributed by atoms with Crippen molar-refractivity contribution in [3.8, 4) is 11.4 Å². The van der Waals surface area contributed by atoms with Crippen LogP contribution in [0.25, 0.3) is 11.4 Å². The molecule has 5 heteroatoms. The van der Waals surface area contributed by atoms with Gasteiger partial charge < -0.3 is 10.5 Å². The van der Waals surface area contributed by atoms with E-state index in [1.807, 2.05) is 42.5 Å². The molecule has 3 aromatic rings. The fourth-order valence-corrected chi connectivity index (χ4v) is 2.87. The summed E-state index contributed by atoms with van der Waals surface area (Å²) in [5.74, 6) is 0.431. The van der Waals surface area contributed by atoms with Gasteiger partial charge in [-0.05, 0) is 30.0 Å². The molecule has 2 N–H and O–H groups in total. The first-order valence-electron chi connectivity index (χ1n) is 9.06. The minimum Gasteiger partial charge on any atom is -0.370 e. The molecule has 1 unspecified atom stereocenters. The zero-order chi connectivity index (χ0) is 18.9. The summed E-state index contributed by atoms with van der Waals surface area (Å²) in [4.78, 5) is 19.4. The molecule has 0 aliphatic carbocycles. The van der Waals surface area contributed by atoms with Crippen molar-refractivity contribution in [2.75, 3.05) is 6.61 Å². The fraction of sp³-hybridized carbons (Fsp3) is 0.227. The third-order valence-corrected chi connectivity index (χ3v) is 4.24. The summed E-state index contributed by atoms with van der Waals surface area (Å²) >= 11 is 0. The van der Waals surface area contributed by atoms with Gasteiger partial charge in [0.15, 0.2) is 5.82 Å². The minimum atomic E-state index is -0.270. The van der Waals surface area contributed by atoms with Gasteiger partial charge in [0.1, 0.15) is 6.10 Å². The number of hydrogen-bond donors (Lipinski definition) is 1. The number of ether oxygens (including phenoxy) is 1. The molecule has 2 aromatic carbocycles. The van der Waals surface area contributed by atoms with Crippen molar-refractivity contribution in [1.82, 2.24) is 9.97 Å². The molecule has 5 nitrogen and oxygen atoms in total. The van der Waals surface area contributed by atoms with Crippen LogP contribution in [0.15, 0.2) is 73.1 Å². The number of amides is 1. The Bertz CT molecular complexity index is 836. The summed E-state index contributed by atoms with van der Waals surface area (Å²) in [6.45, 7) is 0.566. The Balaban J connectivity index is 1.73. The van der Waals surface area contributed by atoms with Gasteiger partial charge >= 0.3 is 0 Å². The van der Waals surface area contributed by atoms with Gasteiger partial charge in [0, 0.05) is 31.0 Å². The van der Waals surface area contributed by atoms with Crippen LogP contribution in [0, 0.1) is 0 Å². The SMILES string of the molecule is NC(=O)CCCCOC(c1ccccc1)c1ccc(-c2ncccn2)cc1. The summed E-state index contributed by atoms with van der Waals surface area (Å²) < 4.78 is 6.16. The van der Waals surface area contributed by atoms with Gasteiger partial charge in [-0.1, -0.05) is 54.6 Å². The second kappa shape index (κ2) is 9.59. The largest absolute Gasteiger partial charge is 0.370 e. The van der Waals surface area contributed by atoms with Crippen LogP contribution in [-0.2, 0) is 9.53 Å². The molecule has 0 fully saturated rings. The van der Waals surface area contributed by atoms with Crippen molar-refractivity contribution in [3.63, 3.8) is 0 Å². The molecule has 3 rings (SSSR count). The van der Waals surface area contributed by atoms with E-state index in [4.69, 9.17) is 10.5 Å². The third kappa shape index (κ3) is 5.46. The lowest BCUT2D eigenvalue weighted by Crippen LogP contribution is -2.11. The van der Waals surface area contributed by atoms with Gasteiger partial charge in [0.05, 0.1) is 0 Å². The Morgan fingerprint density at radius 2 is 1.56 bits per heavy atom. The van der Waals surface area contributed by atoms with E-state index in [0.29, 0.717) is 18.9 Å². The van der Waals surface area contributed by atoms with E-state index in [1.165, 1.54) is 0 Å². The number of hydrogen-bond acceptors (Lipinski definition) is 4. The Labute approximate surface area is 159 Å². The number of carbonyl (C=O) groups is 1. The topological polar surface area (TPSA) is 78.1 Å². The predicted octanol–water partition coefficient (Wildman–Crippen LogP) is 3.91. The van der Waals surface area contributed by atoms with Gasteiger partial charge in [0.25, 0.3) is 0 Å². The second-order valence-electron chi connectivity index (χ2n) is 6.28. The fourth-order valence-electron chi connectivity index (χ4n) is 2.87. The van der Waals surface area contributed by atoms with Gasteiger partial charge in [-0.15, -0.1) is 0 Å². The highest BCUT2D eigenvalue weighted by Crippen LogP contribution is 2.28. The maximum atomic E-state index is 10.9. The van der Waals surface area contributed by atoms with Crippen LogP contribution >= 0.6 is 0 Å². The van der Waals surface area contributed by atoms with Crippen LogP contribution in [0.3, 0.4) is 0 Å². The minimum absolute atomic E-state index is 0.162. The van der Waals surface area contributed by atoms with Crippen LogP contribution in [0.5, 0.6) is 0 Å². The van der Waals surface area contributed by atoms with Crippen LogP contribution in [-0.4, -0.2) is 22.5 Å². The Kier molecular flexibility index (Phi) is 6.66. The number of unbranched alkanes of at least 4 members (excludes halogenated alkanes) is 1. The van der Waals surface area contributed by atoms with E-state index in [2.05, 4.69) is 22.1 Å². The molecule has 27 heavy (non-hydrogen) atoms. The second-order valence-corrected chi connectivity index (χ2v) is 6.28. The third-order valence-electron chi connectivity index (χ3n) is 4.24. The Morgan fingerprint density at radius 3 is 2.22 bits per heavy atom. The molecule has 1 heterocycles. The average molecular weight is 361 g/mol. The normalized spacial score (nSPS) is 11.9.